The molecule has 0 radical (unpaired) electrons. The fraction of sp³-hybridized carbons (Fsp3) is 0.333. The fourth-order valence-electron chi connectivity index (χ4n) is 2.18. The minimum atomic E-state index is 0.0340. The lowest BCUT2D eigenvalue weighted by Gasteiger charge is -2.07. The Morgan fingerprint density at radius 2 is 2.26 bits per heavy atom. The first-order chi connectivity index (χ1) is 9.26. The molecule has 1 aromatic heterocycles. The molecule has 0 atom stereocenters. The monoisotopic (exact) mass is 253 g/mol. The van der Waals surface area contributed by atoms with E-state index in [0.717, 1.165) is 17.4 Å². The number of fused-ring (bicyclic) bond motifs is 1. The van der Waals surface area contributed by atoms with Gasteiger partial charge in [-0.3, -0.25) is 4.79 Å². The summed E-state index contributed by atoms with van der Waals surface area (Å²) in [6.45, 7) is 1.10. The summed E-state index contributed by atoms with van der Waals surface area (Å²) in [4.78, 5) is 11.8. The largest absolute Gasteiger partial charge is 0.354 e. The molecule has 1 heterocycles. The quantitative estimate of drug-likeness (QED) is 0.906. The highest BCUT2D eigenvalue weighted by molar-refractivity contribution is 5.84. The van der Waals surface area contributed by atoms with Gasteiger partial charge >= 0.3 is 0 Å². The number of hydrogen-bond donors (Lipinski definition) is 1. The van der Waals surface area contributed by atoms with E-state index in [4.69, 9.17) is 5.26 Å². The van der Waals surface area contributed by atoms with Crippen LogP contribution in [0.1, 0.15) is 18.4 Å². The second-order valence-electron chi connectivity index (χ2n) is 5.08. The van der Waals surface area contributed by atoms with Crippen molar-refractivity contribution in [3.63, 3.8) is 0 Å². The highest BCUT2D eigenvalue weighted by Crippen LogP contribution is 2.27. The number of benzene rings is 1. The Bertz CT molecular complexity index is 662. The number of hydrogen-bond acceptors (Lipinski definition) is 2. The molecule has 1 aromatic carbocycles. The molecule has 0 spiro atoms. The Kier molecular flexibility index (Phi) is 2.96. The van der Waals surface area contributed by atoms with E-state index in [-0.39, 0.29) is 5.91 Å². The van der Waals surface area contributed by atoms with Gasteiger partial charge in [-0.2, -0.15) is 5.26 Å². The Hall–Kier alpha value is -2.28. The first kappa shape index (κ1) is 11.8. The maximum absolute atomic E-state index is 11.8. The van der Waals surface area contributed by atoms with Crippen molar-refractivity contribution in [1.29, 1.82) is 5.26 Å². The van der Waals surface area contributed by atoms with Gasteiger partial charge in [-0.15, -0.1) is 0 Å². The second-order valence-corrected chi connectivity index (χ2v) is 5.08. The van der Waals surface area contributed by atoms with Crippen LogP contribution in [0.15, 0.2) is 30.5 Å². The number of amides is 1. The van der Waals surface area contributed by atoms with E-state index in [9.17, 15) is 4.79 Å². The molecule has 96 valence electrons. The second kappa shape index (κ2) is 4.77. The molecule has 0 unspecified atom stereocenters. The van der Waals surface area contributed by atoms with Crippen molar-refractivity contribution in [2.75, 3.05) is 6.54 Å². The molecule has 19 heavy (non-hydrogen) atoms. The number of nitriles is 1. The Labute approximate surface area is 111 Å². The fourth-order valence-corrected chi connectivity index (χ4v) is 2.18. The SMILES string of the molecule is N#Cc1ccc2ccn(CC(=O)NCC3CC3)c2c1. The number of carbonyl (C=O) groups is 1. The van der Waals surface area contributed by atoms with Crippen molar-refractivity contribution in [2.45, 2.75) is 19.4 Å². The molecule has 0 aliphatic heterocycles. The molecule has 2 aromatic rings. The minimum absolute atomic E-state index is 0.0340. The van der Waals surface area contributed by atoms with Crippen molar-refractivity contribution in [2.24, 2.45) is 5.92 Å². The van der Waals surface area contributed by atoms with Crippen LogP contribution in [0.4, 0.5) is 0 Å². The van der Waals surface area contributed by atoms with Gasteiger partial charge in [-0.1, -0.05) is 6.07 Å². The Balaban J connectivity index is 1.76. The molecular formula is C15H15N3O. The van der Waals surface area contributed by atoms with Gasteiger partial charge in [0.2, 0.25) is 5.91 Å². The third-order valence-electron chi connectivity index (χ3n) is 3.50. The summed E-state index contributed by atoms with van der Waals surface area (Å²) in [7, 11) is 0. The van der Waals surface area contributed by atoms with Gasteiger partial charge in [0.15, 0.2) is 0 Å². The van der Waals surface area contributed by atoms with E-state index < -0.39 is 0 Å². The van der Waals surface area contributed by atoms with Crippen LogP contribution in [0.25, 0.3) is 10.9 Å². The number of nitrogens with zero attached hydrogens (tertiary/aromatic N) is 2. The molecule has 1 N–H and O–H groups in total. The van der Waals surface area contributed by atoms with E-state index in [1.54, 1.807) is 6.07 Å². The molecule has 1 aliphatic carbocycles. The molecule has 0 bridgehead atoms. The predicted molar refractivity (Wildman–Crippen MR) is 72.4 cm³/mol. The molecule has 1 saturated carbocycles. The standard InChI is InChI=1S/C15H15N3O/c16-8-12-3-4-13-5-6-18(14(13)7-12)10-15(19)17-9-11-1-2-11/h3-7,11H,1-2,9-10H2,(H,17,19). The average molecular weight is 253 g/mol. The number of aromatic nitrogens is 1. The highest BCUT2D eigenvalue weighted by Gasteiger charge is 2.21. The predicted octanol–water partition coefficient (Wildman–Crippen LogP) is 2.04. The average Bonchev–Trinajstić information content (AvgIpc) is 3.18. The van der Waals surface area contributed by atoms with Gasteiger partial charge in [0, 0.05) is 18.3 Å². The molecule has 1 aliphatic rings. The van der Waals surface area contributed by atoms with Gasteiger partial charge in [0.05, 0.1) is 11.6 Å². The lowest BCUT2D eigenvalue weighted by atomic mass is 10.2. The van der Waals surface area contributed by atoms with Crippen LogP contribution in [-0.2, 0) is 11.3 Å². The van der Waals surface area contributed by atoms with Gasteiger partial charge in [-0.05, 0) is 42.3 Å². The zero-order valence-electron chi connectivity index (χ0n) is 10.6. The highest BCUT2D eigenvalue weighted by atomic mass is 16.1. The van der Waals surface area contributed by atoms with Crippen LogP contribution in [0.2, 0.25) is 0 Å². The third-order valence-corrected chi connectivity index (χ3v) is 3.50. The Morgan fingerprint density at radius 3 is 3.00 bits per heavy atom. The van der Waals surface area contributed by atoms with Crippen LogP contribution in [0.3, 0.4) is 0 Å². The van der Waals surface area contributed by atoms with E-state index in [1.807, 2.05) is 29.0 Å². The normalized spacial score (nSPS) is 14.3. The van der Waals surface area contributed by atoms with Gasteiger partial charge in [0.1, 0.15) is 6.54 Å². The van der Waals surface area contributed by atoms with E-state index >= 15 is 0 Å². The molecule has 1 fully saturated rings. The van der Waals surface area contributed by atoms with Gasteiger partial charge < -0.3 is 9.88 Å². The van der Waals surface area contributed by atoms with Crippen molar-refractivity contribution in [3.8, 4) is 6.07 Å². The van der Waals surface area contributed by atoms with Crippen molar-refractivity contribution in [3.05, 3.63) is 36.0 Å². The van der Waals surface area contributed by atoms with Gasteiger partial charge in [0.25, 0.3) is 0 Å². The zero-order valence-corrected chi connectivity index (χ0v) is 10.6. The molecule has 4 heteroatoms. The Morgan fingerprint density at radius 1 is 1.42 bits per heavy atom. The molecule has 0 saturated heterocycles. The van der Waals surface area contributed by atoms with Crippen LogP contribution in [0, 0.1) is 17.2 Å². The van der Waals surface area contributed by atoms with Crippen LogP contribution in [0.5, 0.6) is 0 Å². The van der Waals surface area contributed by atoms with Crippen LogP contribution < -0.4 is 5.32 Å². The summed E-state index contributed by atoms with van der Waals surface area (Å²) in [6.07, 6.45) is 4.36. The van der Waals surface area contributed by atoms with Crippen molar-refractivity contribution in [1.82, 2.24) is 9.88 Å². The van der Waals surface area contributed by atoms with Crippen molar-refractivity contribution >= 4 is 16.8 Å². The summed E-state index contributed by atoms with van der Waals surface area (Å²) in [5.74, 6) is 0.724. The summed E-state index contributed by atoms with van der Waals surface area (Å²) < 4.78 is 1.89. The third kappa shape index (κ3) is 2.60. The number of carbonyl (C=O) groups excluding carboxylic acids is 1. The lowest BCUT2D eigenvalue weighted by molar-refractivity contribution is -0.121. The maximum atomic E-state index is 11.8. The van der Waals surface area contributed by atoms with Crippen LogP contribution >= 0.6 is 0 Å². The molecule has 4 nitrogen and oxygen atoms in total. The molecule has 1 amide bonds. The topological polar surface area (TPSA) is 57.8 Å². The number of nitrogens with one attached hydrogen (secondary N) is 1. The van der Waals surface area contributed by atoms with Crippen molar-refractivity contribution < 1.29 is 4.79 Å². The maximum Gasteiger partial charge on any atom is 0.239 e. The van der Waals surface area contributed by atoms with Gasteiger partial charge in [-0.25, -0.2) is 0 Å². The first-order valence-corrected chi connectivity index (χ1v) is 6.52. The van der Waals surface area contributed by atoms with E-state index in [1.165, 1.54) is 12.8 Å². The molecule has 3 rings (SSSR count). The smallest absolute Gasteiger partial charge is 0.239 e. The summed E-state index contributed by atoms with van der Waals surface area (Å²) in [5.41, 5.74) is 1.55. The molecular weight excluding hydrogens is 238 g/mol. The summed E-state index contributed by atoms with van der Waals surface area (Å²) >= 11 is 0. The zero-order chi connectivity index (χ0) is 13.2. The van der Waals surface area contributed by atoms with Crippen LogP contribution in [-0.4, -0.2) is 17.0 Å². The summed E-state index contributed by atoms with van der Waals surface area (Å²) in [5, 5.41) is 12.9. The minimum Gasteiger partial charge on any atom is -0.354 e. The van der Waals surface area contributed by atoms with E-state index in [2.05, 4.69) is 11.4 Å². The lowest BCUT2D eigenvalue weighted by Crippen LogP contribution is -2.29. The summed E-state index contributed by atoms with van der Waals surface area (Å²) in [6, 6.07) is 9.61. The van der Waals surface area contributed by atoms with E-state index in [0.29, 0.717) is 18.0 Å². The number of rotatable bonds is 4. The first-order valence-electron chi connectivity index (χ1n) is 6.52.